The maximum absolute atomic E-state index is 12.0. The third-order valence-corrected chi connectivity index (χ3v) is 4.70. The van der Waals surface area contributed by atoms with Gasteiger partial charge >= 0.3 is 5.97 Å². The molecule has 0 fully saturated rings. The van der Waals surface area contributed by atoms with E-state index in [4.69, 9.17) is 4.74 Å². The fourth-order valence-corrected chi connectivity index (χ4v) is 3.23. The smallest absolute Gasteiger partial charge is 0.325 e. The van der Waals surface area contributed by atoms with Gasteiger partial charge in [0.1, 0.15) is 6.54 Å². The number of carbonyl (C=O) groups excluding carboxylic acids is 3. The summed E-state index contributed by atoms with van der Waals surface area (Å²) in [6.45, 7) is 6.10. The number of rotatable bonds is 9. The van der Waals surface area contributed by atoms with E-state index in [0.717, 1.165) is 0 Å². The van der Waals surface area contributed by atoms with Crippen LogP contribution in [0.3, 0.4) is 0 Å². The molecule has 2 amide bonds. The van der Waals surface area contributed by atoms with Crippen molar-refractivity contribution < 1.29 is 27.5 Å². The second-order valence-corrected chi connectivity index (χ2v) is 8.08. The molecule has 150 valence electrons. The van der Waals surface area contributed by atoms with Gasteiger partial charge in [-0.15, -0.1) is 0 Å². The highest BCUT2D eigenvalue weighted by molar-refractivity contribution is 7.89. The van der Waals surface area contributed by atoms with Crippen LogP contribution in [0.2, 0.25) is 0 Å². The van der Waals surface area contributed by atoms with Gasteiger partial charge in [0.25, 0.3) is 11.8 Å². The van der Waals surface area contributed by atoms with Crippen LogP contribution in [0, 0.1) is 0 Å². The van der Waals surface area contributed by atoms with E-state index in [-0.39, 0.29) is 22.5 Å². The molecule has 0 atom stereocenters. The number of carbonyl (C=O) groups is 3. The fraction of sp³-hybridized carbons (Fsp3) is 0.471. The van der Waals surface area contributed by atoms with Gasteiger partial charge < -0.3 is 15.4 Å². The van der Waals surface area contributed by atoms with Crippen molar-refractivity contribution in [2.45, 2.75) is 44.7 Å². The van der Waals surface area contributed by atoms with Gasteiger partial charge in [-0.05, 0) is 52.0 Å². The average molecular weight is 399 g/mol. The number of sulfonamides is 1. The molecule has 27 heavy (non-hydrogen) atoms. The Bertz CT molecular complexity index is 772. The summed E-state index contributed by atoms with van der Waals surface area (Å²) in [4.78, 5) is 35.0. The molecule has 9 nitrogen and oxygen atoms in total. The summed E-state index contributed by atoms with van der Waals surface area (Å²) in [5, 5.41) is 4.90. The normalized spacial score (nSPS) is 11.3. The predicted octanol–water partition coefficient (Wildman–Crippen LogP) is 0.171. The summed E-state index contributed by atoms with van der Waals surface area (Å²) >= 11 is 0. The Hall–Kier alpha value is -2.46. The van der Waals surface area contributed by atoms with Crippen LogP contribution >= 0.6 is 0 Å². The van der Waals surface area contributed by atoms with Crippen LogP contribution in [0.4, 0.5) is 0 Å². The topological polar surface area (TPSA) is 131 Å². The van der Waals surface area contributed by atoms with Crippen molar-refractivity contribution in [1.82, 2.24) is 15.4 Å². The summed E-state index contributed by atoms with van der Waals surface area (Å²) in [5.74, 6) is -1.77. The first-order valence-corrected chi connectivity index (χ1v) is 9.85. The highest BCUT2D eigenvalue weighted by Gasteiger charge is 2.16. The van der Waals surface area contributed by atoms with E-state index in [2.05, 4.69) is 15.4 Å². The fourth-order valence-electron chi connectivity index (χ4n) is 1.98. The van der Waals surface area contributed by atoms with Crippen molar-refractivity contribution >= 4 is 27.8 Å². The van der Waals surface area contributed by atoms with Gasteiger partial charge in [-0.1, -0.05) is 0 Å². The second kappa shape index (κ2) is 10.0. The van der Waals surface area contributed by atoms with Gasteiger partial charge in [-0.25, -0.2) is 13.1 Å². The Labute approximate surface area is 158 Å². The number of nitrogens with one attached hydrogen (secondary N) is 3. The van der Waals surface area contributed by atoms with Gasteiger partial charge in [0.05, 0.1) is 4.90 Å². The van der Waals surface area contributed by atoms with Gasteiger partial charge in [0.2, 0.25) is 10.0 Å². The Morgan fingerprint density at radius 2 is 1.59 bits per heavy atom. The maximum Gasteiger partial charge on any atom is 0.325 e. The molecule has 0 spiro atoms. The quantitative estimate of drug-likeness (QED) is 0.508. The molecule has 0 bridgehead atoms. The zero-order chi connectivity index (χ0) is 20.6. The zero-order valence-electron chi connectivity index (χ0n) is 15.7. The SMILES string of the molecule is CC(C)NC(=O)COC(=O)CNC(=O)c1ccc(S(=O)(=O)NC(C)C)cc1. The molecule has 1 aromatic rings. The largest absolute Gasteiger partial charge is 0.454 e. The molecule has 0 radical (unpaired) electrons. The van der Waals surface area contributed by atoms with Crippen molar-refractivity contribution in [3.8, 4) is 0 Å². The molecule has 10 heteroatoms. The van der Waals surface area contributed by atoms with E-state index in [0.29, 0.717) is 0 Å². The van der Waals surface area contributed by atoms with Crippen LogP contribution in [0.15, 0.2) is 29.2 Å². The van der Waals surface area contributed by atoms with Crippen LogP contribution in [-0.2, 0) is 24.3 Å². The van der Waals surface area contributed by atoms with Gasteiger partial charge in [-0.3, -0.25) is 14.4 Å². The Morgan fingerprint density at radius 3 is 2.11 bits per heavy atom. The lowest BCUT2D eigenvalue weighted by Crippen LogP contribution is -2.36. The molecule has 0 heterocycles. The first-order chi connectivity index (χ1) is 12.5. The molecular formula is C17H25N3O6S. The molecular weight excluding hydrogens is 374 g/mol. The first kappa shape index (κ1) is 22.6. The van der Waals surface area contributed by atoms with Crippen molar-refractivity contribution in [1.29, 1.82) is 0 Å². The first-order valence-electron chi connectivity index (χ1n) is 8.37. The van der Waals surface area contributed by atoms with Crippen LogP contribution in [0.25, 0.3) is 0 Å². The Kier molecular flexibility index (Phi) is 8.38. The minimum atomic E-state index is -3.65. The third-order valence-electron chi connectivity index (χ3n) is 3.02. The molecule has 1 rings (SSSR count). The van der Waals surface area contributed by atoms with Crippen molar-refractivity contribution in [2.75, 3.05) is 13.2 Å². The van der Waals surface area contributed by atoms with E-state index >= 15 is 0 Å². The maximum atomic E-state index is 12.0. The lowest BCUT2D eigenvalue weighted by molar-refractivity contribution is -0.147. The zero-order valence-corrected chi connectivity index (χ0v) is 16.6. The predicted molar refractivity (Wildman–Crippen MR) is 98.5 cm³/mol. The Morgan fingerprint density at radius 1 is 1.00 bits per heavy atom. The van der Waals surface area contributed by atoms with E-state index in [1.165, 1.54) is 24.3 Å². The molecule has 0 saturated heterocycles. The molecule has 0 aliphatic heterocycles. The molecule has 0 aliphatic carbocycles. The van der Waals surface area contributed by atoms with E-state index in [1.807, 2.05) is 0 Å². The summed E-state index contributed by atoms with van der Waals surface area (Å²) in [5.41, 5.74) is 0.184. The molecule has 0 aromatic heterocycles. The van der Waals surface area contributed by atoms with Crippen LogP contribution in [-0.4, -0.2) is 51.4 Å². The summed E-state index contributed by atoms with van der Waals surface area (Å²) in [6, 6.07) is 4.95. The minimum absolute atomic E-state index is 0.0309. The number of hydrogen-bond acceptors (Lipinski definition) is 6. The number of ether oxygens (including phenoxy) is 1. The van der Waals surface area contributed by atoms with Crippen molar-refractivity contribution in [3.63, 3.8) is 0 Å². The Balaban J connectivity index is 2.53. The molecule has 3 N–H and O–H groups in total. The van der Waals surface area contributed by atoms with E-state index in [1.54, 1.807) is 27.7 Å². The number of benzene rings is 1. The molecule has 0 saturated carbocycles. The monoisotopic (exact) mass is 399 g/mol. The standard InChI is InChI=1S/C17H25N3O6S/c1-11(2)19-15(21)10-26-16(22)9-18-17(23)13-5-7-14(8-6-13)27(24,25)20-12(3)4/h5-8,11-12,20H,9-10H2,1-4H3,(H,18,23)(H,19,21). The second-order valence-electron chi connectivity index (χ2n) is 6.37. The summed E-state index contributed by atoms with van der Waals surface area (Å²) < 4.78 is 31.2. The van der Waals surface area contributed by atoms with Crippen molar-refractivity contribution in [3.05, 3.63) is 29.8 Å². The lowest BCUT2D eigenvalue weighted by Gasteiger charge is -2.10. The van der Waals surface area contributed by atoms with Crippen LogP contribution in [0.5, 0.6) is 0 Å². The number of hydrogen-bond donors (Lipinski definition) is 3. The lowest BCUT2D eigenvalue weighted by atomic mass is 10.2. The van der Waals surface area contributed by atoms with Gasteiger partial charge in [-0.2, -0.15) is 0 Å². The van der Waals surface area contributed by atoms with Crippen molar-refractivity contribution in [2.24, 2.45) is 0 Å². The molecule has 0 aliphatic rings. The minimum Gasteiger partial charge on any atom is -0.454 e. The average Bonchev–Trinajstić information content (AvgIpc) is 2.56. The molecule has 0 unspecified atom stereocenters. The number of esters is 1. The van der Waals surface area contributed by atoms with Crippen LogP contribution in [0.1, 0.15) is 38.1 Å². The van der Waals surface area contributed by atoms with Gasteiger partial charge in [0.15, 0.2) is 6.61 Å². The van der Waals surface area contributed by atoms with E-state index in [9.17, 15) is 22.8 Å². The van der Waals surface area contributed by atoms with E-state index < -0.39 is 41.0 Å². The summed E-state index contributed by atoms with van der Waals surface area (Å²) in [7, 11) is -3.65. The highest BCUT2D eigenvalue weighted by Crippen LogP contribution is 2.11. The number of amides is 2. The third kappa shape index (κ3) is 8.18. The highest BCUT2D eigenvalue weighted by atomic mass is 32.2. The van der Waals surface area contributed by atoms with Gasteiger partial charge in [0, 0.05) is 17.6 Å². The van der Waals surface area contributed by atoms with Crippen LogP contribution < -0.4 is 15.4 Å². The summed E-state index contributed by atoms with van der Waals surface area (Å²) in [6.07, 6.45) is 0. The molecule has 1 aromatic carbocycles.